The quantitative estimate of drug-likeness (QED) is 0.226. The molecule has 0 aromatic rings. The van der Waals surface area contributed by atoms with E-state index in [1.54, 1.807) is 0 Å². The van der Waals surface area contributed by atoms with Crippen LogP contribution in [0.3, 0.4) is 0 Å². The summed E-state index contributed by atoms with van der Waals surface area (Å²) in [6.45, 7) is 0.140. The van der Waals surface area contributed by atoms with Crippen molar-refractivity contribution in [3.05, 3.63) is 0 Å². The highest BCUT2D eigenvalue weighted by molar-refractivity contribution is 7.17. The number of hydrogen-bond donors (Lipinski definition) is 4. The van der Waals surface area contributed by atoms with Crippen LogP contribution in [0.25, 0.3) is 0 Å². The molecule has 0 saturated carbocycles. The Balaban J connectivity index is 0.00000225. The van der Waals surface area contributed by atoms with Gasteiger partial charge in [-0.25, -0.2) is 4.79 Å². The summed E-state index contributed by atoms with van der Waals surface area (Å²) in [6, 6.07) is -0.823. The molecule has 0 spiro atoms. The van der Waals surface area contributed by atoms with E-state index in [0.29, 0.717) is 5.96 Å². The molecule has 9 heteroatoms. The maximum Gasteiger partial charge on any atom is 0.327 e. The average molecular weight is 266 g/mol. The molecule has 0 aromatic heterocycles. The second-order valence-electron chi connectivity index (χ2n) is 2.91. The van der Waals surface area contributed by atoms with E-state index in [0.717, 1.165) is 0 Å². The lowest BCUT2D eigenvalue weighted by Gasteiger charge is -2.32. The second-order valence-corrected chi connectivity index (χ2v) is 3.49. The lowest BCUT2D eigenvalue weighted by Crippen LogP contribution is -2.63. The fourth-order valence-electron chi connectivity index (χ4n) is 1.16. The number of aliphatic carboxylic acids is 1. The van der Waals surface area contributed by atoms with Gasteiger partial charge in [-0.1, -0.05) is 7.43 Å². The van der Waals surface area contributed by atoms with Crippen molar-refractivity contribution in [3.63, 3.8) is 0 Å². The van der Waals surface area contributed by atoms with E-state index < -0.39 is 17.9 Å². The minimum atomic E-state index is -1.03. The zero-order chi connectivity index (χ0) is 11.4. The molecular weight excluding hydrogens is 250 g/mol. The molecule has 0 radical (unpaired) electrons. The molecule has 0 aromatic carbocycles. The average Bonchev–Trinajstić information content (AvgIpc) is 2.20. The molecule has 7 nitrogen and oxygen atoms in total. The number of carboxylic acid groups (broad SMARTS) is 1. The Labute approximate surface area is 98.4 Å². The van der Waals surface area contributed by atoms with Gasteiger partial charge in [0.25, 0.3) is 0 Å². The number of rotatable bonds is 3. The fourth-order valence-corrected chi connectivity index (χ4v) is 1.68. The van der Waals surface area contributed by atoms with Crippen LogP contribution in [0.5, 0.6) is 0 Å². The molecule has 0 aliphatic carbocycles. The molecule has 4 atom stereocenters. The van der Waals surface area contributed by atoms with E-state index in [4.69, 9.17) is 5.11 Å². The molecule has 1 rings (SSSR count). The van der Waals surface area contributed by atoms with Crippen LogP contribution < -0.4 is 15.5 Å². The highest BCUT2D eigenvalue weighted by Crippen LogP contribution is 2.15. The normalized spacial score (nSPS) is 22.0. The Morgan fingerprint density at radius 1 is 1.50 bits per heavy atom. The molecule has 92 valence electrons. The van der Waals surface area contributed by atoms with Crippen LogP contribution in [0.15, 0.2) is 4.99 Å². The predicted octanol–water partition coefficient (Wildman–Crippen LogP) is -1.06. The Bertz CT molecular complexity index is 304. The zero-order valence-electron chi connectivity index (χ0n) is 7.73. The minimum Gasteiger partial charge on any atom is -0.480 e. The number of carboxylic acids is 1. The standard InChI is InChI=1S/C6H12N4O3P2.CH4/c11-4-2(3(8-4)5(12)13)1-7-6(9-14)10-15;/h2-3H,1,14-15H2,(H,8,11)(H,12,13)(H2,7,9,10);1H4. The summed E-state index contributed by atoms with van der Waals surface area (Å²) < 4.78 is 0. The van der Waals surface area contributed by atoms with Crippen molar-refractivity contribution < 1.29 is 14.7 Å². The topological polar surface area (TPSA) is 103 Å². The van der Waals surface area contributed by atoms with Gasteiger partial charge in [0.05, 0.1) is 12.5 Å². The van der Waals surface area contributed by atoms with Crippen LogP contribution in [0.4, 0.5) is 0 Å². The summed E-state index contributed by atoms with van der Waals surface area (Å²) in [6.07, 6.45) is 0. The molecule has 4 N–H and O–H groups in total. The lowest BCUT2D eigenvalue weighted by molar-refractivity contribution is -0.152. The maximum absolute atomic E-state index is 11.0. The third-order valence-electron chi connectivity index (χ3n) is 2.02. The molecule has 1 amide bonds. The summed E-state index contributed by atoms with van der Waals surface area (Å²) >= 11 is 0. The summed E-state index contributed by atoms with van der Waals surface area (Å²) in [4.78, 5) is 25.7. The van der Waals surface area contributed by atoms with Gasteiger partial charge >= 0.3 is 5.97 Å². The molecule has 1 saturated heterocycles. The molecular formula is C7H16N4O3P2. The van der Waals surface area contributed by atoms with Gasteiger partial charge in [0.15, 0.2) is 5.96 Å². The Hall–Kier alpha value is -0.930. The van der Waals surface area contributed by atoms with Crippen molar-refractivity contribution in [2.24, 2.45) is 10.9 Å². The van der Waals surface area contributed by atoms with Gasteiger partial charge in [0, 0.05) is 0 Å². The molecule has 0 bridgehead atoms. The number of nitrogens with zero attached hydrogens (tertiary/aromatic N) is 1. The Kier molecular flexibility index (Phi) is 6.22. The van der Waals surface area contributed by atoms with Crippen molar-refractivity contribution in [1.29, 1.82) is 0 Å². The number of amides is 1. The van der Waals surface area contributed by atoms with Gasteiger partial charge in [-0.3, -0.25) is 9.79 Å². The summed E-state index contributed by atoms with van der Waals surface area (Å²) in [5, 5.41) is 16.3. The maximum atomic E-state index is 11.0. The smallest absolute Gasteiger partial charge is 0.327 e. The molecule has 4 unspecified atom stereocenters. The highest BCUT2D eigenvalue weighted by Gasteiger charge is 2.43. The zero-order valence-corrected chi connectivity index (χ0v) is 10.0. The van der Waals surface area contributed by atoms with Crippen LogP contribution >= 0.6 is 18.8 Å². The first kappa shape index (κ1) is 15.1. The molecule has 1 heterocycles. The van der Waals surface area contributed by atoms with Crippen molar-refractivity contribution >= 4 is 36.6 Å². The van der Waals surface area contributed by atoms with Gasteiger partial charge in [-0.15, -0.1) is 0 Å². The summed E-state index contributed by atoms with van der Waals surface area (Å²) in [5.41, 5.74) is 0. The summed E-state index contributed by atoms with van der Waals surface area (Å²) in [5.74, 6) is -1.45. The lowest BCUT2D eigenvalue weighted by atomic mass is 9.91. The largest absolute Gasteiger partial charge is 0.480 e. The number of guanidine groups is 1. The van der Waals surface area contributed by atoms with Gasteiger partial charge in [-0.2, -0.15) is 0 Å². The first-order valence-corrected chi connectivity index (χ1v) is 5.26. The van der Waals surface area contributed by atoms with E-state index in [9.17, 15) is 9.59 Å². The highest BCUT2D eigenvalue weighted by atomic mass is 31.0. The molecule has 1 aliphatic heterocycles. The van der Waals surface area contributed by atoms with Crippen molar-refractivity contribution in [1.82, 2.24) is 15.5 Å². The fraction of sp³-hybridized carbons (Fsp3) is 0.571. The molecule has 1 fully saturated rings. The number of carbonyl (C=O) groups excluding carboxylic acids is 1. The predicted molar refractivity (Wildman–Crippen MR) is 67.8 cm³/mol. The van der Waals surface area contributed by atoms with Crippen LogP contribution in [0.1, 0.15) is 7.43 Å². The number of carbonyl (C=O) groups is 2. The van der Waals surface area contributed by atoms with E-state index in [-0.39, 0.29) is 19.9 Å². The van der Waals surface area contributed by atoms with Crippen molar-refractivity contribution in [2.75, 3.05) is 6.54 Å². The van der Waals surface area contributed by atoms with Crippen LogP contribution in [-0.2, 0) is 9.59 Å². The van der Waals surface area contributed by atoms with E-state index in [1.807, 2.05) is 0 Å². The van der Waals surface area contributed by atoms with E-state index >= 15 is 0 Å². The minimum absolute atomic E-state index is 0. The Morgan fingerprint density at radius 2 is 2.06 bits per heavy atom. The first-order chi connectivity index (χ1) is 7.10. The SMILES string of the molecule is C.O=C1NC(C(=O)O)C1CN=C(NP)NP. The number of hydrogen-bond acceptors (Lipinski definition) is 3. The summed E-state index contributed by atoms with van der Waals surface area (Å²) in [7, 11) is 4.48. The monoisotopic (exact) mass is 266 g/mol. The van der Waals surface area contributed by atoms with Gasteiger partial charge in [0.2, 0.25) is 5.91 Å². The first-order valence-electron chi connectivity index (χ1n) is 4.11. The number of nitrogens with one attached hydrogen (secondary N) is 3. The second kappa shape index (κ2) is 6.61. The van der Waals surface area contributed by atoms with E-state index in [2.05, 4.69) is 39.3 Å². The van der Waals surface area contributed by atoms with Crippen LogP contribution in [0.2, 0.25) is 0 Å². The van der Waals surface area contributed by atoms with Crippen molar-refractivity contribution in [2.45, 2.75) is 13.5 Å². The Morgan fingerprint density at radius 3 is 2.44 bits per heavy atom. The van der Waals surface area contributed by atoms with E-state index in [1.165, 1.54) is 0 Å². The number of aliphatic imine (C=N–C) groups is 1. The molecule has 16 heavy (non-hydrogen) atoms. The third kappa shape index (κ3) is 3.29. The molecule has 1 aliphatic rings. The number of β-lactam (4-membered cyclic amide) rings is 1. The van der Waals surface area contributed by atoms with Gasteiger partial charge < -0.3 is 20.6 Å². The van der Waals surface area contributed by atoms with Crippen LogP contribution in [0, 0.1) is 5.92 Å². The third-order valence-corrected chi connectivity index (χ3v) is 2.57. The van der Waals surface area contributed by atoms with Crippen molar-refractivity contribution in [3.8, 4) is 0 Å². The van der Waals surface area contributed by atoms with Gasteiger partial charge in [-0.05, 0) is 18.8 Å². The van der Waals surface area contributed by atoms with Crippen LogP contribution in [-0.4, -0.2) is 35.5 Å². The van der Waals surface area contributed by atoms with Gasteiger partial charge in [0.1, 0.15) is 6.04 Å².